The van der Waals surface area contributed by atoms with E-state index in [2.05, 4.69) is 46.3 Å². The summed E-state index contributed by atoms with van der Waals surface area (Å²) in [5.41, 5.74) is 0.324. The Morgan fingerprint density at radius 1 is 1.54 bits per heavy atom. The number of carbonyl (C=O) groups excluding carboxylic acids is 1. The van der Waals surface area contributed by atoms with Gasteiger partial charge in [-0.25, -0.2) is 4.98 Å². The Balaban J connectivity index is 2.24. The lowest BCUT2D eigenvalue weighted by molar-refractivity contribution is -0.133. The van der Waals surface area contributed by atoms with Gasteiger partial charge in [0.15, 0.2) is 12.2 Å². The standard InChI is InChI=1S/C18H31IN6O3/c1-5-6-7-21-18(20-4)23-17-15(10-26)22-12-25(17)16-9-24(13(2)3)8-14(28-16)11-27-19/h10,12-14,16H,5-9,11H2,1-4H3,(H2,20,21,23). The molecule has 9 nitrogen and oxygen atoms in total. The predicted molar refractivity (Wildman–Crippen MR) is 118 cm³/mol. The Kier molecular flexibility index (Phi) is 9.62. The normalized spacial score (nSPS) is 21.1. The van der Waals surface area contributed by atoms with Crippen molar-refractivity contribution >= 4 is 41.1 Å². The Morgan fingerprint density at radius 2 is 2.32 bits per heavy atom. The van der Waals surface area contributed by atoms with Crippen LogP contribution in [0.1, 0.15) is 50.3 Å². The fourth-order valence-electron chi connectivity index (χ4n) is 3.07. The van der Waals surface area contributed by atoms with Crippen LogP contribution in [-0.4, -0.2) is 72.1 Å². The third-order valence-corrected chi connectivity index (χ3v) is 5.04. The van der Waals surface area contributed by atoms with Crippen LogP contribution < -0.4 is 10.6 Å². The van der Waals surface area contributed by atoms with Crippen molar-refractivity contribution in [2.45, 2.75) is 52.0 Å². The van der Waals surface area contributed by atoms with Gasteiger partial charge in [0.1, 0.15) is 40.7 Å². The first kappa shape index (κ1) is 23.0. The molecule has 1 saturated heterocycles. The smallest absolute Gasteiger partial charge is 0.196 e. The fourth-order valence-corrected chi connectivity index (χ4v) is 3.47. The lowest BCUT2D eigenvalue weighted by Gasteiger charge is -2.40. The molecule has 0 aliphatic carbocycles. The molecule has 2 heterocycles. The highest BCUT2D eigenvalue weighted by Gasteiger charge is 2.32. The van der Waals surface area contributed by atoms with Crippen LogP contribution in [-0.2, 0) is 7.80 Å². The molecule has 0 aromatic carbocycles. The highest BCUT2D eigenvalue weighted by Crippen LogP contribution is 2.27. The van der Waals surface area contributed by atoms with Crippen molar-refractivity contribution in [3.05, 3.63) is 12.0 Å². The Morgan fingerprint density at radius 3 is 2.93 bits per heavy atom. The second kappa shape index (κ2) is 11.7. The maximum absolute atomic E-state index is 11.5. The van der Waals surface area contributed by atoms with E-state index in [1.54, 1.807) is 13.4 Å². The van der Waals surface area contributed by atoms with Gasteiger partial charge in [-0.05, 0) is 20.3 Å². The highest BCUT2D eigenvalue weighted by atomic mass is 127. The van der Waals surface area contributed by atoms with Crippen LogP contribution in [0.25, 0.3) is 0 Å². The van der Waals surface area contributed by atoms with Crippen molar-refractivity contribution in [3.8, 4) is 0 Å². The van der Waals surface area contributed by atoms with E-state index in [9.17, 15) is 4.79 Å². The maximum Gasteiger partial charge on any atom is 0.196 e. The number of guanidine groups is 1. The number of aliphatic imine (C=N–C) groups is 1. The second-order valence-electron chi connectivity index (χ2n) is 7.02. The first-order valence-corrected chi connectivity index (χ1v) is 10.5. The predicted octanol–water partition coefficient (Wildman–Crippen LogP) is 2.46. The molecule has 1 fully saturated rings. The van der Waals surface area contributed by atoms with Gasteiger partial charge in [-0.15, -0.1) is 0 Å². The summed E-state index contributed by atoms with van der Waals surface area (Å²) >= 11 is 1.89. The van der Waals surface area contributed by atoms with E-state index in [1.165, 1.54) is 0 Å². The summed E-state index contributed by atoms with van der Waals surface area (Å²) in [5.74, 6) is 1.17. The molecule has 0 spiro atoms. The second-order valence-corrected chi connectivity index (χ2v) is 7.64. The summed E-state index contributed by atoms with van der Waals surface area (Å²) in [7, 11) is 1.70. The molecule has 1 aliphatic heterocycles. The molecule has 2 atom stereocenters. The summed E-state index contributed by atoms with van der Waals surface area (Å²) in [6.07, 6.45) is 4.16. The maximum atomic E-state index is 11.5. The van der Waals surface area contributed by atoms with Gasteiger partial charge in [-0.1, -0.05) is 13.3 Å². The number of aldehydes is 1. The Bertz CT molecular complexity index is 651. The molecular weight excluding hydrogens is 475 g/mol. The molecule has 0 saturated carbocycles. The number of halogens is 1. The minimum Gasteiger partial charge on any atom is -0.356 e. The first-order chi connectivity index (χ1) is 13.5. The molecule has 2 N–H and O–H groups in total. The topological polar surface area (TPSA) is 93.0 Å². The fraction of sp³-hybridized carbons (Fsp3) is 0.722. The van der Waals surface area contributed by atoms with E-state index < -0.39 is 0 Å². The van der Waals surface area contributed by atoms with Gasteiger partial charge in [-0.3, -0.25) is 19.3 Å². The summed E-state index contributed by atoms with van der Waals surface area (Å²) < 4.78 is 13.4. The molecule has 0 amide bonds. The number of hydrogen-bond donors (Lipinski definition) is 2. The van der Waals surface area contributed by atoms with Gasteiger partial charge in [0.2, 0.25) is 0 Å². The van der Waals surface area contributed by atoms with Crippen molar-refractivity contribution in [1.29, 1.82) is 0 Å². The average Bonchev–Trinajstić information content (AvgIpc) is 3.09. The van der Waals surface area contributed by atoms with Crippen LogP contribution in [0.15, 0.2) is 11.3 Å². The number of carbonyl (C=O) groups is 1. The monoisotopic (exact) mass is 506 g/mol. The number of imidazole rings is 1. The SMILES string of the molecule is CCCCNC(=NC)Nc1c(C=O)ncn1C1CN(C(C)C)CC(COI)O1. The molecule has 1 aromatic rings. The number of morpholine rings is 1. The number of ether oxygens (including phenoxy) is 1. The van der Waals surface area contributed by atoms with Gasteiger partial charge >= 0.3 is 0 Å². The van der Waals surface area contributed by atoms with Gasteiger partial charge in [0.05, 0.1) is 19.0 Å². The Hall–Kier alpha value is -1.24. The molecule has 158 valence electrons. The Labute approximate surface area is 180 Å². The lowest BCUT2D eigenvalue weighted by atomic mass is 10.2. The van der Waals surface area contributed by atoms with E-state index in [0.717, 1.165) is 32.2 Å². The zero-order valence-corrected chi connectivity index (χ0v) is 19.2. The quantitative estimate of drug-likeness (QED) is 0.175. The molecule has 10 heteroatoms. The number of unbranched alkanes of at least 4 members (excludes halogenated alkanes) is 1. The van der Waals surface area contributed by atoms with Crippen LogP contribution >= 0.6 is 23.0 Å². The lowest BCUT2D eigenvalue weighted by Crippen LogP contribution is -2.49. The van der Waals surface area contributed by atoms with Gasteiger partial charge in [0.25, 0.3) is 0 Å². The third-order valence-electron chi connectivity index (χ3n) is 4.68. The average molecular weight is 506 g/mol. The minimum absolute atomic E-state index is 0.0602. The van der Waals surface area contributed by atoms with Crippen LogP contribution in [0.2, 0.25) is 0 Å². The number of nitrogens with one attached hydrogen (secondary N) is 2. The van der Waals surface area contributed by atoms with Crippen LogP contribution in [0.3, 0.4) is 0 Å². The number of hydrogen-bond acceptors (Lipinski definition) is 6. The van der Waals surface area contributed by atoms with Crippen molar-refractivity contribution in [1.82, 2.24) is 19.8 Å². The molecule has 1 aliphatic rings. The van der Waals surface area contributed by atoms with Crippen molar-refractivity contribution < 1.29 is 12.6 Å². The largest absolute Gasteiger partial charge is 0.356 e. The number of anilines is 1. The minimum atomic E-state index is -0.287. The van der Waals surface area contributed by atoms with Crippen molar-refractivity contribution in [2.24, 2.45) is 4.99 Å². The van der Waals surface area contributed by atoms with Crippen molar-refractivity contribution in [3.63, 3.8) is 0 Å². The molecule has 2 unspecified atom stereocenters. The number of aromatic nitrogens is 2. The zero-order chi connectivity index (χ0) is 20.5. The molecule has 2 rings (SSSR count). The van der Waals surface area contributed by atoms with E-state index >= 15 is 0 Å². The molecule has 0 bridgehead atoms. The van der Waals surface area contributed by atoms with E-state index in [-0.39, 0.29) is 12.3 Å². The molecule has 1 aromatic heterocycles. The molecular formula is C18H31IN6O3. The number of rotatable bonds is 9. The van der Waals surface area contributed by atoms with Gasteiger partial charge < -0.3 is 18.4 Å². The third kappa shape index (κ3) is 6.13. The highest BCUT2D eigenvalue weighted by molar-refractivity contribution is 14.1. The summed E-state index contributed by atoms with van der Waals surface area (Å²) in [4.78, 5) is 22.4. The van der Waals surface area contributed by atoms with E-state index in [0.29, 0.717) is 36.7 Å². The summed E-state index contributed by atoms with van der Waals surface area (Å²) in [6, 6.07) is 0.372. The molecule has 0 radical (unpaired) electrons. The zero-order valence-electron chi connectivity index (χ0n) is 17.0. The molecule has 28 heavy (non-hydrogen) atoms. The van der Waals surface area contributed by atoms with Crippen molar-refractivity contribution in [2.75, 3.05) is 38.6 Å². The van der Waals surface area contributed by atoms with Gasteiger partial charge in [-0.2, -0.15) is 0 Å². The number of nitrogens with zero attached hydrogens (tertiary/aromatic N) is 4. The van der Waals surface area contributed by atoms with E-state index in [1.807, 2.05) is 27.6 Å². The van der Waals surface area contributed by atoms with Gasteiger partial charge in [0, 0.05) is 32.7 Å². The first-order valence-electron chi connectivity index (χ1n) is 9.66. The van der Waals surface area contributed by atoms with Crippen LogP contribution in [0, 0.1) is 0 Å². The summed E-state index contributed by atoms with van der Waals surface area (Å²) in [5, 5.41) is 6.48. The van der Waals surface area contributed by atoms with Crippen LogP contribution in [0.5, 0.6) is 0 Å². The van der Waals surface area contributed by atoms with Crippen LogP contribution in [0.4, 0.5) is 5.82 Å². The summed E-state index contributed by atoms with van der Waals surface area (Å²) in [6.45, 7) is 9.25. The van der Waals surface area contributed by atoms with E-state index in [4.69, 9.17) is 7.80 Å².